The fourth-order valence-electron chi connectivity index (χ4n) is 1.52. The number of carbonyl (C=O) groups is 1. The van der Waals surface area contributed by atoms with E-state index in [0.29, 0.717) is 15.6 Å². The second-order valence-electron chi connectivity index (χ2n) is 3.31. The van der Waals surface area contributed by atoms with Crippen LogP contribution in [0, 0.1) is 5.82 Å². The lowest BCUT2D eigenvalue weighted by atomic mass is 10.1. The Labute approximate surface area is 95.1 Å². The number of ether oxygens (including phenoxy) is 1. The Morgan fingerprint density at radius 1 is 1.56 bits per heavy atom. The van der Waals surface area contributed by atoms with E-state index in [2.05, 4.69) is 4.74 Å². The fourth-order valence-corrected chi connectivity index (χ4v) is 2.53. The number of hydrogen-bond donors (Lipinski definition) is 1. The summed E-state index contributed by atoms with van der Waals surface area (Å²) in [6.45, 7) is 0. The Kier molecular flexibility index (Phi) is 2.78. The lowest BCUT2D eigenvalue weighted by Crippen LogP contribution is -2.03. The van der Waals surface area contributed by atoms with Crippen molar-refractivity contribution in [2.45, 2.75) is 6.42 Å². The Morgan fingerprint density at radius 3 is 3.00 bits per heavy atom. The fraction of sp³-hybridized carbons (Fsp3) is 0.182. The van der Waals surface area contributed by atoms with Crippen LogP contribution in [0.5, 0.6) is 5.75 Å². The van der Waals surface area contributed by atoms with E-state index in [0.717, 1.165) is 6.07 Å². The van der Waals surface area contributed by atoms with Crippen molar-refractivity contribution in [3.05, 3.63) is 28.9 Å². The first-order valence-electron chi connectivity index (χ1n) is 4.57. The molecule has 0 amide bonds. The van der Waals surface area contributed by atoms with Crippen molar-refractivity contribution in [3.8, 4) is 5.75 Å². The Bertz CT molecular complexity index is 547. The first-order valence-corrected chi connectivity index (χ1v) is 5.45. The molecule has 5 heteroatoms. The zero-order chi connectivity index (χ0) is 11.7. The quantitative estimate of drug-likeness (QED) is 0.820. The molecule has 84 valence electrons. The summed E-state index contributed by atoms with van der Waals surface area (Å²) in [5.74, 6) is -1.04. The molecule has 0 saturated heterocycles. The van der Waals surface area contributed by atoms with Gasteiger partial charge in [-0.3, -0.25) is 4.79 Å². The molecule has 0 aliphatic rings. The second kappa shape index (κ2) is 4.09. The molecule has 16 heavy (non-hydrogen) atoms. The standard InChI is InChI=1S/C11H9FO3S/c1-15-10(14)2-6-5-16-9-4-7(13)3-8(12)11(6)9/h3-5,13H,2H2,1H3. The zero-order valence-corrected chi connectivity index (χ0v) is 9.31. The van der Waals surface area contributed by atoms with Crippen LogP contribution in [0.2, 0.25) is 0 Å². The number of carbonyl (C=O) groups excluding carboxylic acids is 1. The predicted molar refractivity (Wildman–Crippen MR) is 59.2 cm³/mol. The highest BCUT2D eigenvalue weighted by atomic mass is 32.1. The minimum atomic E-state index is -0.518. The maximum Gasteiger partial charge on any atom is 0.310 e. The molecule has 0 fully saturated rings. The van der Waals surface area contributed by atoms with Crippen LogP contribution in [0.15, 0.2) is 17.5 Å². The van der Waals surface area contributed by atoms with Crippen molar-refractivity contribution >= 4 is 27.4 Å². The molecule has 0 radical (unpaired) electrons. The lowest BCUT2D eigenvalue weighted by Gasteiger charge is -2.00. The number of thiophene rings is 1. The van der Waals surface area contributed by atoms with Crippen LogP contribution in [0.3, 0.4) is 0 Å². The predicted octanol–water partition coefficient (Wildman–Crippen LogP) is 2.46. The van der Waals surface area contributed by atoms with E-state index in [1.807, 2.05) is 0 Å². The number of phenols is 1. The van der Waals surface area contributed by atoms with Gasteiger partial charge in [-0.1, -0.05) is 0 Å². The average Bonchev–Trinajstić information content (AvgIpc) is 2.61. The monoisotopic (exact) mass is 240 g/mol. The number of halogens is 1. The highest BCUT2D eigenvalue weighted by Crippen LogP contribution is 2.32. The second-order valence-corrected chi connectivity index (χ2v) is 4.23. The van der Waals surface area contributed by atoms with Gasteiger partial charge in [-0.05, 0) is 17.0 Å². The number of phenolic OH excluding ortho intramolecular Hbond substituents is 1. The molecule has 1 aromatic carbocycles. The Morgan fingerprint density at radius 2 is 2.31 bits per heavy atom. The average molecular weight is 240 g/mol. The summed E-state index contributed by atoms with van der Waals surface area (Å²) in [7, 11) is 1.29. The minimum Gasteiger partial charge on any atom is -0.508 e. The van der Waals surface area contributed by atoms with Crippen LogP contribution in [0.25, 0.3) is 10.1 Å². The van der Waals surface area contributed by atoms with Crippen LogP contribution < -0.4 is 0 Å². The zero-order valence-electron chi connectivity index (χ0n) is 8.49. The summed E-state index contributed by atoms with van der Waals surface area (Å²) in [4.78, 5) is 11.1. The van der Waals surface area contributed by atoms with E-state index >= 15 is 0 Å². The molecule has 1 N–H and O–H groups in total. The van der Waals surface area contributed by atoms with E-state index in [1.165, 1.54) is 24.5 Å². The summed E-state index contributed by atoms with van der Waals surface area (Å²) in [6, 6.07) is 2.51. The van der Waals surface area contributed by atoms with E-state index in [9.17, 15) is 14.3 Å². The van der Waals surface area contributed by atoms with Crippen molar-refractivity contribution in [1.29, 1.82) is 0 Å². The van der Waals surface area contributed by atoms with Crippen molar-refractivity contribution in [1.82, 2.24) is 0 Å². The van der Waals surface area contributed by atoms with Gasteiger partial charge in [0, 0.05) is 16.2 Å². The van der Waals surface area contributed by atoms with Crippen LogP contribution in [-0.4, -0.2) is 18.2 Å². The highest BCUT2D eigenvalue weighted by molar-refractivity contribution is 7.17. The highest BCUT2D eigenvalue weighted by Gasteiger charge is 2.13. The maximum absolute atomic E-state index is 13.6. The molecule has 0 bridgehead atoms. The lowest BCUT2D eigenvalue weighted by molar-refractivity contribution is -0.139. The van der Waals surface area contributed by atoms with E-state index < -0.39 is 11.8 Å². The summed E-state index contributed by atoms with van der Waals surface area (Å²) in [5, 5.41) is 11.3. The maximum atomic E-state index is 13.6. The first-order chi connectivity index (χ1) is 7.61. The largest absolute Gasteiger partial charge is 0.508 e. The third-order valence-corrected chi connectivity index (χ3v) is 3.23. The molecule has 1 heterocycles. The summed E-state index contributed by atoms with van der Waals surface area (Å²) in [5.41, 5.74) is 0.587. The van der Waals surface area contributed by atoms with Crippen molar-refractivity contribution in [2.24, 2.45) is 0 Å². The third-order valence-electron chi connectivity index (χ3n) is 2.25. The summed E-state index contributed by atoms with van der Waals surface area (Å²) >= 11 is 1.29. The number of methoxy groups -OCH3 is 1. The molecule has 0 aliphatic carbocycles. The molecule has 3 nitrogen and oxygen atoms in total. The van der Waals surface area contributed by atoms with Crippen molar-refractivity contribution in [3.63, 3.8) is 0 Å². The summed E-state index contributed by atoms with van der Waals surface area (Å²) in [6.07, 6.45) is 0.0399. The molecule has 0 unspecified atom stereocenters. The van der Waals surface area contributed by atoms with Crippen LogP contribution in [-0.2, 0) is 16.0 Å². The van der Waals surface area contributed by atoms with Gasteiger partial charge in [-0.25, -0.2) is 4.39 Å². The number of fused-ring (bicyclic) bond motifs is 1. The number of aromatic hydroxyl groups is 1. The van der Waals surface area contributed by atoms with Gasteiger partial charge in [-0.2, -0.15) is 0 Å². The summed E-state index contributed by atoms with van der Waals surface area (Å²) < 4.78 is 18.7. The molecule has 0 atom stereocenters. The molecule has 0 spiro atoms. The van der Waals surface area contributed by atoms with Gasteiger partial charge in [-0.15, -0.1) is 11.3 Å². The van der Waals surface area contributed by atoms with Crippen molar-refractivity contribution in [2.75, 3.05) is 7.11 Å². The Balaban J connectivity index is 2.52. The molecular weight excluding hydrogens is 231 g/mol. The Hall–Kier alpha value is -1.62. The van der Waals surface area contributed by atoms with Gasteiger partial charge < -0.3 is 9.84 Å². The molecule has 2 rings (SSSR count). The van der Waals surface area contributed by atoms with Gasteiger partial charge in [0.25, 0.3) is 0 Å². The van der Waals surface area contributed by atoms with Crippen LogP contribution in [0.4, 0.5) is 4.39 Å². The van der Waals surface area contributed by atoms with Crippen molar-refractivity contribution < 1.29 is 19.0 Å². The van der Waals surface area contributed by atoms with Gasteiger partial charge in [0.2, 0.25) is 0 Å². The smallest absolute Gasteiger partial charge is 0.310 e. The normalized spacial score (nSPS) is 10.6. The molecule has 0 aliphatic heterocycles. The SMILES string of the molecule is COC(=O)Cc1csc2cc(O)cc(F)c12. The van der Waals surface area contributed by atoms with Gasteiger partial charge in [0.1, 0.15) is 11.6 Å². The van der Waals surface area contributed by atoms with Gasteiger partial charge in [0.05, 0.1) is 13.5 Å². The first kappa shape index (κ1) is 10.9. The van der Waals surface area contributed by atoms with Gasteiger partial charge >= 0.3 is 5.97 Å². The van der Waals surface area contributed by atoms with E-state index in [-0.39, 0.29) is 12.2 Å². The number of esters is 1. The number of rotatable bonds is 2. The minimum absolute atomic E-state index is 0.0399. The van der Waals surface area contributed by atoms with Gasteiger partial charge in [0.15, 0.2) is 0 Å². The van der Waals surface area contributed by atoms with E-state index in [4.69, 9.17) is 0 Å². The number of benzene rings is 1. The molecular formula is C11H9FO3S. The molecule has 0 saturated carbocycles. The molecule has 1 aromatic heterocycles. The molecule has 2 aromatic rings. The van der Waals surface area contributed by atoms with E-state index in [1.54, 1.807) is 5.38 Å². The third kappa shape index (κ3) is 1.86. The topological polar surface area (TPSA) is 46.5 Å². The van der Waals surface area contributed by atoms with Crippen LogP contribution >= 0.6 is 11.3 Å². The number of hydrogen-bond acceptors (Lipinski definition) is 4. The van der Waals surface area contributed by atoms with Crippen LogP contribution in [0.1, 0.15) is 5.56 Å².